The number of allylic oxidation sites excluding steroid dienone is 2. The van der Waals surface area contributed by atoms with Crippen molar-refractivity contribution in [1.29, 1.82) is 0 Å². The van der Waals surface area contributed by atoms with Crippen molar-refractivity contribution in [2.45, 2.75) is 13.8 Å². The predicted molar refractivity (Wildman–Crippen MR) is 99.3 cm³/mol. The highest BCUT2D eigenvalue weighted by Crippen LogP contribution is 2.31. The highest BCUT2D eigenvalue weighted by molar-refractivity contribution is 5.96. The molecule has 1 heterocycles. The summed E-state index contributed by atoms with van der Waals surface area (Å²) in [5.41, 5.74) is 3.17. The summed E-state index contributed by atoms with van der Waals surface area (Å²) in [6.45, 7) is 4.03. The lowest BCUT2D eigenvalue weighted by atomic mass is 10.1. The van der Waals surface area contributed by atoms with Gasteiger partial charge in [-0.1, -0.05) is 60.7 Å². The normalized spacial score (nSPS) is 14.2. The fraction of sp³-hybridized carbons (Fsp3) is 0.136. The maximum Gasteiger partial charge on any atom is 0.338 e. The van der Waals surface area contributed by atoms with Crippen LogP contribution < -0.4 is 0 Å². The highest BCUT2D eigenvalue weighted by atomic mass is 16.5. The molecule has 2 aromatic rings. The molecule has 0 aromatic heterocycles. The minimum Gasteiger partial charge on any atom is -0.462 e. The zero-order valence-corrected chi connectivity index (χ0v) is 14.4. The first-order valence-electron chi connectivity index (χ1n) is 8.29. The average molecular weight is 332 g/mol. The Bertz CT molecular complexity index is 843. The lowest BCUT2D eigenvalue weighted by molar-refractivity contribution is -0.138. The fourth-order valence-corrected chi connectivity index (χ4v) is 2.61. The molecule has 126 valence electrons. The summed E-state index contributed by atoms with van der Waals surface area (Å²) < 4.78 is 11.4. The Labute approximate surface area is 147 Å². The van der Waals surface area contributed by atoms with Crippen LogP contribution in [0.4, 0.5) is 0 Å². The van der Waals surface area contributed by atoms with Gasteiger partial charge >= 0.3 is 5.97 Å². The molecule has 1 aliphatic rings. The van der Waals surface area contributed by atoms with Gasteiger partial charge in [0.05, 0.1) is 12.2 Å². The van der Waals surface area contributed by atoms with Crippen molar-refractivity contribution in [1.82, 2.24) is 0 Å². The van der Waals surface area contributed by atoms with Gasteiger partial charge in [0.1, 0.15) is 11.5 Å². The molecule has 0 saturated heterocycles. The molecular formula is C22H20O3. The molecule has 0 radical (unpaired) electrons. The number of hydrogen-bond donors (Lipinski definition) is 0. The molecule has 3 rings (SSSR count). The maximum absolute atomic E-state index is 12.4. The summed E-state index contributed by atoms with van der Waals surface area (Å²) in [7, 11) is 0. The highest BCUT2D eigenvalue weighted by Gasteiger charge is 2.19. The van der Waals surface area contributed by atoms with E-state index >= 15 is 0 Å². The topological polar surface area (TPSA) is 35.5 Å². The smallest absolute Gasteiger partial charge is 0.338 e. The van der Waals surface area contributed by atoms with Crippen molar-refractivity contribution < 1.29 is 14.3 Å². The standard InChI is InChI=1S/C22H20O3/c1-3-24-22(23)19-15-21(18-12-8-5-9-13-18)25-20(14-16(19)2)17-10-6-4-7-11-17/h4-15H,3H2,1-2H3. The Hall–Kier alpha value is -3.07. The van der Waals surface area contributed by atoms with Crippen molar-refractivity contribution >= 4 is 17.5 Å². The van der Waals surface area contributed by atoms with Crippen molar-refractivity contribution in [2.24, 2.45) is 0 Å². The molecule has 0 spiro atoms. The molecule has 0 bridgehead atoms. The summed E-state index contributed by atoms with van der Waals surface area (Å²) in [4.78, 5) is 12.4. The Balaban J connectivity index is 2.11. The zero-order valence-electron chi connectivity index (χ0n) is 14.4. The average Bonchev–Trinajstić information content (AvgIpc) is 2.83. The van der Waals surface area contributed by atoms with Gasteiger partial charge in [-0.15, -0.1) is 0 Å². The SMILES string of the molecule is CCOC(=O)C1=C(C)C=C(c2ccccc2)OC(c2ccccc2)=C1. The van der Waals surface area contributed by atoms with Crippen LogP contribution in [0.5, 0.6) is 0 Å². The molecule has 0 unspecified atom stereocenters. The molecule has 3 heteroatoms. The third-order valence-corrected chi connectivity index (χ3v) is 3.88. The van der Waals surface area contributed by atoms with Gasteiger partial charge in [0.25, 0.3) is 0 Å². The van der Waals surface area contributed by atoms with Gasteiger partial charge in [-0.25, -0.2) is 4.79 Å². The molecule has 0 aliphatic carbocycles. The van der Waals surface area contributed by atoms with E-state index in [-0.39, 0.29) is 5.97 Å². The van der Waals surface area contributed by atoms with Crippen molar-refractivity contribution in [3.63, 3.8) is 0 Å². The number of rotatable bonds is 4. The quantitative estimate of drug-likeness (QED) is 0.741. The van der Waals surface area contributed by atoms with Gasteiger partial charge in [-0.05, 0) is 31.6 Å². The first-order chi connectivity index (χ1) is 12.2. The van der Waals surface area contributed by atoms with Gasteiger partial charge < -0.3 is 9.47 Å². The van der Waals surface area contributed by atoms with E-state index in [0.717, 1.165) is 16.7 Å². The first kappa shape index (κ1) is 16.8. The summed E-state index contributed by atoms with van der Waals surface area (Å²) in [6.07, 6.45) is 3.64. The van der Waals surface area contributed by atoms with Crippen LogP contribution in [0, 0.1) is 0 Å². The second kappa shape index (κ2) is 7.67. The van der Waals surface area contributed by atoms with Crippen molar-refractivity contribution in [2.75, 3.05) is 6.61 Å². The van der Waals surface area contributed by atoms with Crippen LogP contribution in [0.2, 0.25) is 0 Å². The first-order valence-corrected chi connectivity index (χ1v) is 8.29. The number of carbonyl (C=O) groups is 1. The van der Waals surface area contributed by atoms with Crippen LogP contribution >= 0.6 is 0 Å². The molecule has 2 aromatic carbocycles. The number of ether oxygens (including phenoxy) is 2. The molecule has 3 nitrogen and oxygen atoms in total. The van der Waals surface area contributed by atoms with E-state index in [4.69, 9.17) is 9.47 Å². The number of carbonyl (C=O) groups excluding carboxylic acids is 1. The monoisotopic (exact) mass is 332 g/mol. The third kappa shape index (κ3) is 3.89. The van der Waals surface area contributed by atoms with Crippen molar-refractivity contribution in [3.05, 3.63) is 95.1 Å². The summed E-state index contributed by atoms with van der Waals surface area (Å²) >= 11 is 0. The fourth-order valence-electron chi connectivity index (χ4n) is 2.61. The van der Waals surface area contributed by atoms with Gasteiger partial charge in [0.2, 0.25) is 0 Å². The summed E-state index contributed by atoms with van der Waals surface area (Å²) in [5, 5.41) is 0. The number of esters is 1. The molecule has 0 amide bonds. The van der Waals surface area contributed by atoms with Crippen LogP contribution in [0.1, 0.15) is 25.0 Å². The van der Waals surface area contributed by atoms with Crippen LogP contribution in [-0.2, 0) is 14.3 Å². The predicted octanol–water partition coefficient (Wildman–Crippen LogP) is 4.98. The third-order valence-electron chi connectivity index (χ3n) is 3.88. The molecule has 0 fully saturated rings. The molecule has 0 saturated carbocycles. The number of hydrogen-bond acceptors (Lipinski definition) is 3. The molecular weight excluding hydrogens is 312 g/mol. The minimum atomic E-state index is -0.345. The van der Waals surface area contributed by atoms with Crippen LogP contribution in [0.15, 0.2) is 84.0 Å². The van der Waals surface area contributed by atoms with E-state index in [2.05, 4.69) is 0 Å². The largest absolute Gasteiger partial charge is 0.462 e. The maximum atomic E-state index is 12.4. The lowest BCUT2D eigenvalue weighted by Crippen LogP contribution is -2.07. The Kier molecular flexibility index (Phi) is 5.14. The van der Waals surface area contributed by atoms with Gasteiger partial charge in [0.15, 0.2) is 0 Å². The van der Waals surface area contributed by atoms with Gasteiger partial charge in [0, 0.05) is 11.1 Å². The molecule has 0 N–H and O–H groups in total. The minimum absolute atomic E-state index is 0.334. The second-order valence-electron chi connectivity index (χ2n) is 5.67. The molecule has 25 heavy (non-hydrogen) atoms. The van der Waals surface area contributed by atoms with E-state index in [0.29, 0.717) is 23.7 Å². The van der Waals surface area contributed by atoms with Crippen LogP contribution in [0.25, 0.3) is 11.5 Å². The molecule has 1 aliphatic heterocycles. The van der Waals surface area contributed by atoms with E-state index in [1.165, 1.54) is 0 Å². The van der Waals surface area contributed by atoms with E-state index in [1.54, 1.807) is 13.0 Å². The van der Waals surface area contributed by atoms with Gasteiger partial charge in [-0.2, -0.15) is 0 Å². The zero-order chi connectivity index (χ0) is 17.6. The van der Waals surface area contributed by atoms with Crippen molar-refractivity contribution in [3.8, 4) is 0 Å². The summed E-state index contributed by atoms with van der Waals surface area (Å²) in [6, 6.07) is 19.6. The number of benzene rings is 2. The van der Waals surface area contributed by atoms with Crippen LogP contribution in [-0.4, -0.2) is 12.6 Å². The second-order valence-corrected chi connectivity index (χ2v) is 5.67. The van der Waals surface area contributed by atoms with E-state index < -0.39 is 0 Å². The lowest BCUT2D eigenvalue weighted by Gasteiger charge is -2.12. The van der Waals surface area contributed by atoms with Gasteiger partial charge in [-0.3, -0.25) is 0 Å². The Morgan fingerprint density at radius 2 is 1.40 bits per heavy atom. The van der Waals surface area contributed by atoms with E-state index in [1.807, 2.05) is 73.7 Å². The van der Waals surface area contributed by atoms with Crippen LogP contribution in [0.3, 0.4) is 0 Å². The Morgan fingerprint density at radius 1 is 0.880 bits per heavy atom. The summed E-state index contributed by atoms with van der Waals surface area (Å²) in [5.74, 6) is 0.978. The Morgan fingerprint density at radius 3 is 1.92 bits per heavy atom. The molecule has 0 atom stereocenters. The van der Waals surface area contributed by atoms with E-state index in [9.17, 15) is 4.79 Å².